The number of rotatable bonds is 10. The Hall–Kier alpha value is -1.81. The van der Waals surface area contributed by atoms with E-state index in [1.54, 1.807) is 0 Å². The normalized spacial score (nSPS) is 13.3. The third kappa shape index (κ3) is 4.67. The smallest absolute Gasteiger partial charge is 0.154 e. The van der Waals surface area contributed by atoms with Gasteiger partial charge in [0.1, 0.15) is 5.84 Å². The molecule has 0 fully saturated rings. The maximum atomic E-state index is 7.95. The molecule has 3 nitrogen and oxygen atoms in total. The summed E-state index contributed by atoms with van der Waals surface area (Å²) in [5.74, 6) is 1.91. The number of benzene rings is 2. The average Bonchev–Trinajstić information content (AvgIpc) is 2.92. The van der Waals surface area contributed by atoms with Gasteiger partial charge in [0.15, 0.2) is 5.84 Å². The summed E-state index contributed by atoms with van der Waals surface area (Å²) < 4.78 is 0. The van der Waals surface area contributed by atoms with Crippen molar-refractivity contribution in [2.75, 3.05) is 5.75 Å². The van der Waals surface area contributed by atoms with Crippen LogP contribution in [0.4, 0.5) is 0 Å². The van der Waals surface area contributed by atoms with Gasteiger partial charge in [-0.1, -0.05) is 57.9 Å². The largest absolute Gasteiger partial charge is 0.383 e. The molecule has 26 heavy (non-hydrogen) atoms. The fraction of sp³-hybridized carbons (Fsp3) is 0.455. The van der Waals surface area contributed by atoms with Gasteiger partial charge in [0, 0.05) is 16.0 Å². The highest BCUT2D eigenvalue weighted by atomic mass is 32.2. The van der Waals surface area contributed by atoms with Crippen molar-refractivity contribution in [1.82, 2.24) is 0 Å². The molecule has 0 saturated carbocycles. The zero-order valence-electron chi connectivity index (χ0n) is 15.7. The lowest BCUT2D eigenvalue weighted by molar-refractivity contribution is 0.586. The van der Waals surface area contributed by atoms with Crippen LogP contribution in [0.2, 0.25) is 0 Å². The lowest BCUT2D eigenvalue weighted by atomic mass is 10.0. The van der Waals surface area contributed by atoms with Gasteiger partial charge in [-0.3, -0.25) is 5.41 Å². The van der Waals surface area contributed by atoms with Crippen molar-refractivity contribution >= 4 is 34.2 Å². The molecule has 2 aromatic carbocycles. The van der Waals surface area contributed by atoms with Gasteiger partial charge in [0.05, 0.1) is 0 Å². The SMILES string of the molecule is CCCCCCCCCCSc1ccc2cc3c(cc2c1)C(=N)N=C3N. The van der Waals surface area contributed by atoms with E-state index in [-0.39, 0.29) is 5.84 Å². The summed E-state index contributed by atoms with van der Waals surface area (Å²) in [7, 11) is 0. The Morgan fingerprint density at radius 2 is 1.58 bits per heavy atom. The molecule has 0 bridgehead atoms. The predicted octanol–water partition coefficient (Wildman–Crippen LogP) is 6.12. The van der Waals surface area contributed by atoms with Crippen molar-refractivity contribution in [2.45, 2.75) is 63.2 Å². The Kier molecular flexibility index (Phi) is 6.73. The van der Waals surface area contributed by atoms with Crippen LogP contribution >= 0.6 is 11.8 Å². The molecule has 1 heterocycles. The molecule has 0 aliphatic carbocycles. The number of nitrogens with one attached hydrogen (secondary N) is 1. The van der Waals surface area contributed by atoms with E-state index in [9.17, 15) is 0 Å². The molecule has 4 heteroatoms. The van der Waals surface area contributed by atoms with Crippen LogP contribution in [0.25, 0.3) is 10.8 Å². The highest BCUT2D eigenvalue weighted by Crippen LogP contribution is 2.29. The van der Waals surface area contributed by atoms with Gasteiger partial charge in [-0.25, -0.2) is 4.99 Å². The van der Waals surface area contributed by atoms with Crippen molar-refractivity contribution in [2.24, 2.45) is 10.7 Å². The molecule has 3 rings (SSSR count). The molecule has 0 spiro atoms. The maximum absolute atomic E-state index is 7.95. The Balaban J connectivity index is 1.49. The van der Waals surface area contributed by atoms with Crippen molar-refractivity contribution in [3.63, 3.8) is 0 Å². The number of amidine groups is 2. The number of thioether (sulfide) groups is 1. The van der Waals surface area contributed by atoms with E-state index in [0.717, 1.165) is 16.5 Å². The van der Waals surface area contributed by atoms with E-state index < -0.39 is 0 Å². The highest BCUT2D eigenvalue weighted by Gasteiger charge is 2.18. The Bertz CT molecular complexity index is 810. The van der Waals surface area contributed by atoms with Crippen LogP contribution in [-0.2, 0) is 0 Å². The first-order valence-corrected chi connectivity index (χ1v) is 10.8. The molecule has 1 aliphatic heterocycles. The van der Waals surface area contributed by atoms with Crippen LogP contribution in [0.1, 0.15) is 69.4 Å². The standard InChI is InChI=1S/C22H29N3S/c1-2-3-4-5-6-7-8-9-12-26-18-11-10-16-14-19-20(15-17(16)13-18)22(24)25-21(19)23/h10-11,13-15H,2-9,12H2,1H3,(H3,23,24,25). The van der Waals surface area contributed by atoms with E-state index >= 15 is 0 Å². The second-order valence-electron chi connectivity index (χ2n) is 7.08. The summed E-state index contributed by atoms with van der Waals surface area (Å²) in [5.41, 5.74) is 7.64. The van der Waals surface area contributed by atoms with E-state index in [2.05, 4.69) is 42.2 Å². The topological polar surface area (TPSA) is 62.2 Å². The minimum absolute atomic E-state index is 0.274. The van der Waals surface area contributed by atoms with Crippen LogP contribution in [0, 0.1) is 5.41 Å². The Labute approximate surface area is 161 Å². The number of fused-ring (bicyclic) bond motifs is 2. The number of hydrogen-bond donors (Lipinski definition) is 2. The van der Waals surface area contributed by atoms with Crippen LogP contribution < -0.4 is 5.73 Å². The van der Waals surface area contributed by atoms with Gasteiger partial charge in [-0.15, -0.1) is 11.8 Å². The molecule has 1 aliphatic rings. The summed E-state index contributed by atoms with van der Waals surface area (Å²) in [5, 5.41) is 10.3. The lowest BCUT2D eigenvalue weighted by Crippen LogP contribution is -2.10. The Morgan fingerprint density at radius 3 is 2.35 bits per heavy atom. The molecule has 0 atom stereocenters. The summed E-state index contributed by atoms with van der Waals surface area (Å²) >= 11 is 1.93. The molecule has 0 radical (unpaired) electrons. The van der Waals surface area contributed by atoms with Gasteiger partial charge in [-0.2, -0.15) is 0 Å². The number of nitrogens with two attached hydrogens (primary N) is 1. The second-order valence-corrected chi connectivity index (χ2v) is 8.24. The van der Waals surface area contributed by atoms with Crippen molar-refractivity contribution < 1.29 is 0 Å². The molecular formula is C22H29N3S. The quantitative estimate of drug-likeness (QED) is 0.393. The molecule has 0 aromatic heterocycles. The Morgan fingerprint density at radius 1 is 0.885 bits per heavy atom. The molecule has 0 unspecified atom stereocenters. The zero-order valence-corrected chi connectivity index (χ0v) is 16.5. The second kappa shape index (κ2) is 9.22. The predicted molar refractivity (Wildman–Crippen MR) is 115 cm³/mol. The summed E-state index contributed by atoms with van der Waals surface area (Å²) in [6.45, 7) is 2.27. The molecule has 0 amide bonds. The van der Waals surface area contributed by atoms with Gasteiger partial charge >= 0.3 is 0 Å². The number of aliphatic imine (C=N–C) groups is 1. The van der Waals surface area contributed by atoms with Crippen LogP contribution in [0.5, 0.6) is 0 Å². The maximum Gasteiger partial charge on any atom is 0.154 e. The molecule has 2 aromatic rings. The van der Waals surface area contributed by atoms with Crippen LogP contribution in [0.3, 0.4) is 0 Å². The van der Waals surface area contributed by atoms with Crippen LogP contribution in [-0.4, -0.2) is 17.4 Å². The minimum Gasteiger partial charge on any atom is -0.383 e. The first-order valence-electron chi connectivity index (χ1n) is 9.83. The van der Waals surface area contributed by atoms with Gasteiger partial charge < -0.3 is 5.73 Å². The monoisotopic (exact) mass is 367 g/mol. The number of hydrogen-bond acceptors (Lipinski definition) is 3. The van der Waals surface area contributed by atoms with Crippen molar-refractivity contribution in [1.29, 1.82) is 5.41 Å². The van der Waals surface area contributed by atoms with Crippen LogP contribution in [0.15, 0.2) is 40.2 Å². The number of unbranched alkanes of at least 4 members (excludes halogenated alkanes) is 7. The molecule has 138 valence electrons. The van der Waals surface area contributed by atoms with Gasteiger partial charge in [-0.05, 0) is 47.2 Å². The van der Waals surface area contributed by atoms with Gasteiger partial charge in [0.25, 0.3) is 0 Å². The summed E-state index contributed by atoms with van der Waals surface area (Å²) in [4.78, 5) is 5.38. The molecule has 3 N–H and O–H groups in total. The van der Waals surface area contributed by atoms with E-state index in [1.807, 2.05) is 11.8 Å². The first-order chi connectivity index (χ1) is 12.7. The average molecular weight is 368 g/mol. The summed E-state index contributed by atoms with van der Waals surface area (Å²) in [6.07, 6.45) is 10.9. The van der Waals surface area contributed by atoms with E-state index in [0.29, 0.717) is 5.84 Å². The molecule has 0 saturated heterocycles. The van der Waals surface area contributed by atoms with E-state index in [4.69, 9.17) is 11.1 Å². The van der Waals surface area contributed by atoms with Gasteiger partial charge in [0.2, 0.25) is 0 Å². The molecular weight excluding hydrogens is 338 g/mol. The fourth-order valence-corrected chi connectivity index (χ4v) is 4.40. The fourth-order valence-electron chi connectivity index (χ4n) is 3.44. The van der Waals surface area contributed by atoms with E-state index in [1.165, 1.54) is 67.4 Å². The third-order valence-corrected chi connectivity index (χ3v) is 6.06. The highest BCUT2D eigenvalue weighted by molar-refractivity contribution is 7.99. The van der Waals surface area contributed by atoms with Crippen molar-refractivity contribution in [3.05, 3.63) is 41.5 Å². The zero-order chi connectivity index (χ0) is 18.4. The third-order valence-electron chi connectivity index (χ3n) is 4.98. The van der Waals surface area contributed by atoms with Crippen molar-refractivity contribution in [3.8, 4) is 0 Å². The lowest BCUT2D eigenvalue weighted by Gasteiger charge is -2.07. The first kappa shape index (κ1) is 19.0. The summed E-state index contributed by atoms with van der Waals surface area (Å²) in [6, 6.07) is 10.7. The minimum atomic E-state index is 0.274. The number of nitrogens with zero attached hydrogens (tertiary/aromatic N) is 1.